The normalized spacial score (nSPS) is 17.5. The van der Waals surface area contributed by atoms with Crippen LogP contribution in [0.2, 0.25) is 5.02 Å². The molecule has 1 aliphatic carbocycles. The third-order valence-electron chi connectivity index (χ3n) is 3.96. The summed E-state index contributed by atoms with van der Waals surface area (Å²) in [6.07, 6.45) is 7.16. The number of carbonyl (C=O) groups is 1. The molecule has 3 nitrogen and oxygen atoms in total. The molecule has 1 aliphatic rings. The molecular weight excluding hydrogens is 274 g/mol. The summed E-state index contributed by atoms with van der Waals surface area (Å²) < 4.78 is 4.92. The van der Waals surface area contributed by atoms with E-state index in [0.29, 0.717) is 10.9 Å². The van der Waals surface area contributed by atoms with E-state index in [1.54, 1.807) is 0 Å². The molecule has 0 spiro atoms. The van der Waals surface area contributed by atoms with Gasteiger partial charge in [0.2, 0.25) is 0 Å². The van der Waals surface area contributed by atoms with Crippen LogP contribution in [-0.4, -0.2) is 19.1 Å². The minimum Gasteiger partial charge on any atom is -0.467 e. The highest BCUT2D eigenvalue weighted by Gasteiger charge is 2.24. The molecule has 0 saturated heterocycles. The topological polar surface area (TPSA) is 38.3 Å². The van der Waals surface area contributed by atoms with Gasteiger partial charge in [-0.15, -0.1) is 0 Å². The van der Waals surface area contributed by atoms with Gasteiger partial charge < -0.3 is 10.1 Å². The van der Waals surface area contributed by atoms with Crippen molar-refractivity contribution in [3.8, 4) is 0 Å². The average Bonchev–Trinajstić information content (AvgIpc) is 2.49. The van der Waals surface area contributed by atoms with Crippen LogP contribution in [0.25, 0.3) is 0 Å². The van der Waals surface area contributed by atoms with Crippen LogP contribution in [0, 0.1) is 5.92 Å². The Kier molecular flexibility index (Phi) is 5.72. The minimum atomic E-state index is -0.274. The number of anilines is 1. The zero-order chi connectivity index (χ0) is 14.4. The number of methoxy groups -OCH3 is 1. The van der Waals surface area contributed by atoms with Gasteiger partial charge in [0.25, 0.3) is 0 Å². The number of halogens is 1. The SMILES string of the molecule is COC(=O)C(CC1CCCCC1)Nc1ccc(Cl)cc1. The van der Waals surface area contributed by atoms with Gasteiger partial charge in [-0.05, 0) is 36.6 Å². The fourth-order valence-electron chi connectivity index (χ4n) is 2.86. The molecule has 0 amide bonds. The van der Waals surface area contributed by atoms with Crippen molar-refractivity contribution in [3.63, 3.8) is 0 Å². The second-order valence-corrected chi connectivity index (χ2v) is 5.90. The van der Waals surface area contributed by atoms with Crippen LogP contribution in [0.3, 0.4) is 0 Å². The summed E-state index contributed by atoms with van der Waals surface area (Å²) >= 11 is 5.87. The van der Waals surface area contributed by atoms with Gasteiger partial charge in [0.15, 0.2) is 0 Å². The molecule has 0 aliphatic heterocycles. The van der Waals surface area contributed by atoms with E-state index in [2.05, 4.69) is 5.32 Å². The van der Waals surface area contributed by atoms with Crippen LogP contribution < -0.4 is 5.32 Å². The summed E-state index contributed by atoms with van der Waals surface area (Å²) in [5.41, 5.74) is 0.903. The van der Waals surface area contributed by atoms with Crippen LogP contribution >= 0.6 is 11.6 Å². The number of nitrogens with one attached hydrogen (secondary N) is 1. The number of benzene rings is 1. The summed E-state index contributed by atoms with van der Waals surface area (Å²) in [6.45, 7) is 0. The third-order valence-corrected chi connectivity index (χ3v) is 4.22. The first kappa shape index (κ1) is 15.2. The molecule has 1 aromatic rings. The standard InChI is InChI=1S/C16H22ClNO2/c1-20-16(19)15(11-12-5-3-2-4-6-12)18-14-9-7-13(17)8-10-14/h7-10,12,15,18H,2-6,11H2,1H3. The molecule has 0 heterocycles. The minimum absolute atomic E-state index is 0.189. The van der Waals surface area contributed by atoms with Crippen molar-refractivity contribution in [1.82, 2.24) is 0 Å². The predicted octanol–water partition coefficient (Wildman–Crippen LogP) is 4.26. The maximum absolute atomic E-state index is 11.9. The van der Waals surface area contributed by atoms with E-state index in [1.807, 2.05) is 24.3 Å². The number of ether oxygens (including phenoxy) is 1. The van der Waals surface area contributed by atoms with E-state index in [1.165, 1.54) is 39.2 Å². The molecule has 0 radical (unpaired) electrons. The summed E-state index contributed by atoms with van der Waals surface area (Å²) in [5, 5.41) is 3.96. The molecule has 1 unspecified atom stereocenters. The first-order valence-electron chi connectivity index (χ1n) is 7.29. The first-order valence-corrected chi connectivity index (χ1v) is 7.67. The molecule has 2 rings (SSSR count). The monoisotopic (exact) mass is 295 g/mol. The molecule has 1 atom stereocenters. The number of hydrogen-bond acceptors (Lipinski definition) is 3. The fourth-order valence-corrected chi connectivity index (χ4v) is 2.99. The van der Waals surface area contributed by atoms with Crippen molar-refractivity contribution >= 4 is 23.3 Å². The Labute approximate surface area is 125 Å². The van der Waals surface area contributed by atoms with Gasteiger partial charge in [0, 0.05) is 10.7 Å². The van der Waals surface area contributed by atoms with E-state index in [0.717, 1.165) is 12.1 Å². The summed E-state index contributed by atoms with van der Waals surface area (Å²) in [6, 6.07) is 7.14. The molecule has 0 bridgehead atoms. The molecule has 0 aromatic heterocycles. The van der Waals surface area contributed by atoms with Crippen LogP contribution in [0.1, 0.15) is 38.5 Å². The quantitative estimate of drug-likeness (QED) is 0.825. The van der Waals surface area contributed by atoms with Gasteiger partial charge in [-0.1, -0.05) is 43.7 Å². The van der Waals surface area contributed by atoms with Gasteiger partial charge in [-0.3, -0.25) is 0 Å². The van der Waals surface area contributed by atoms with Crippen molar-refractivity contribution in [3.05, 3.63) is 29.3 Å². The lowest BCUT2D eigenvalue weighted by Gasteiger charge is -2.26. The largest absolute Gasteiger partial charge is 0.467 e. The second kappa shape index (κ2) is 7.53. The zero-order valence-corrected chi connectivity index (χ0v) is 12.7. The number of rotatable bonds is 5. The predicted molar refractivity (Wildman–Crippen MR) is 82.1 cm³/mol. The number of hydrogen-bond donors (Lipinski definition) is 1. The Hall–Kier alpha value is -1.22. The highest BCUT2D eigenvalue weighted by Crippen LogP contribution is 2.28. The highest BCUT2D eigenvalue weighted by molar-refractivity contribution is 6.30. The number of carbonyl (C=O) groups excluding carboxylic acids is 1. The van der Waals surface area contributed by atoms with Crippen LogP contribution in [-0.2, 0) is 9.53 Å². The lowest BCUT2D eigenvalue weighted by molar-refractivity contribution is -0.142. The zero-order valence-electron chi connectivity index (χ0n) is 11.9. The Morgan fingerprint density at radius 1 is 1.30 bits per heavy atom. The van der Waals surface area contributed by atoms with E-state index < -0.39 is 0 Å². The van der Waals surface area contributed by atoms with Crippen LogP contribution in [0.5, 0.6) is 0 Å². The summed E-state index contributed by atoms with van der Waals surface area (Å²) in [5.74, 6) is 0.429. The molecule has 20 heavy (non-hydrogen) atoms. The lowest BCUT2D eigenvalue weighted by atomic mass is 9.85. The van der Waals surface area contributed by atoms with Gasteiger partial charge in [0.1, 0.15) is 6.04 Å². The van der Waals surface area contributed by atoms with E-state index in [-0.39, 0.29) is 12.0 Å². The van der Waals surface area contributed by atoms with E-state index in [9.17, 15) is 4.79 Å². The first-order chi connectivity index (χ1) is 9.69. The summed E-state index contributed by atoms with van der Waals surface area (Å²) in [7, 11) is 1.44. The van der Waals surface area contributed by atoms with Crippen LogP contribution in [0.15, 0.2) is 24.3 Å². The van der Waals surface area contributed by atoms with Gasteiger partial charge in [-0.25, -0.2) is 4.79 Å². The third kappa shape index (κ3) is 4.41. The molecular formula is C16H22ClNO2. The average molecular weight is 296 g/mol. The highest BCUT2D eigenvalue weighted by atomic mass is 35.5. The molecule has 1 saturated carbocycles. The van der Waals surface area contributed by atoms with Gasteiger partial charge >= 0.3 is 5.97 Å². The number of esters is 1. The van der Waals surface area contributed by atoms with Crippen molar-refractivity contribution in [2.75, 3.05) is 12.4 Å². The van der Waals surface area contributed by atoms with Gasteiger partial charge in [0.05, 0.1) is 7.11 Å². The van der Waals surface area contributed by atoms with E-state index in [4.69, 9.17) is 16.3 Å². The molecule has 1 aromatic carbocycles. The smallest absolute Gasteiger partial charge is 0.328 e. The van der Waals surface area contributed by atoms with Crippen molar-refractivity contribution in [2.24, 2.45) is 5.92 Å². The molecule has 1 N–H and O–H groups in total. The Balaban J connectivity index is 1.99. The maximum Gasteiger partial charge on any atom is 0.328 e. The molecule has 1 fully saturated rings. The Bertz CT molecular complexity index is 427. The summed E-state index contributed by atoms with van der Waals surface area (Å²) in [4.78, 5) is 11.9. The lowest BCUT2D eigenvalue weighted by Crippen LogP contribution is -2.33. The second-order valence-electron chi connectivity index (χ2n) is 5.47. The van der Waals surface area contributed by atoms with Crippen molar-refractivity contribution < 1.29 is 9.53 Å². The maximum atomic E-state index is 11.9. The van der Waals surface area contributed by atoms with Crippen molar-refractivity contribution in [1.29, 1.82) is 0 Å². The Morgan fingerprint density at radius 3 is 2.55 bits per heavy atom. The fraction of sp³-hybridized carbons (Fsp3) is 0.562. The molecule has 110 valence electrons. The van der Waals surface area contributed by atoms with Crippen LogP contribution in [0.4, 0.5) is 5.69 Å². The van der Waals surface area contributed by atoms with Gasteiger partial charge in [-0.2, -0.15) is 0 Å². The molecule has 4 heteroatoms. The van der Waals surface area contributed by atoms with Crippen molar-refractivity contribution in [2.45, 2.75) is 44.6 Å². The van der Waals surface area contributed by atoms with E-state index >= 15 is 0 Å². The Morgan fingerprint density at radius 2 is 1.95 bits per heavy atom.